The van der Waals surface area contributed by atoms with Gasteiger partial charge in [0.25, 0.3) is 0 Å². The van der Waals surface area contributed by atoms with Crippen molar-refractivity contribution in [3.8, 4) is 0 Å². The monoisotopic (exact) mass is 256 g/mol. The molecule has 14 heavy (non-hydrogen) atoms. The number of aryl methyl sites for hydroxylation is 1. The smallest absolute Gasteiger partial charge is 0.306 e. The maximum Gasteiger partial charge on any atom is 0.306 e. The third-order valence-corrected chi connectivity index (χ3v) is 2.75. The summed E-state index contributed by atoms with van der Waals surface area (Å²) in [4.78, 5) is 10.7. The predicted molar refractivity (Wildman–Crippen MR) is 59.4 cm³/mol. The van der Waals surface area contributed by atoms with E-state index >= 15 is 0 Å². The van der Waals surface area contributed by atoms with Gasteiger partial charge in [-0.1, -0.05) is 28.9 Å². The van der Waals surface area contributed by atoms with Gasteiger partial charge < -0.3 is 5.11 Å². The molecule has 0 heterocycles. The lowest BCUT2D eigenvalue weighted by Gasteiger charge is -2.09. The first-order valence-corrected chi connectivity index (χ1v) is 5.28. The summed E-state index contributed by atoms with van der Waals surface area (Å²) >= 11 is 3.38. The SMILES string of the molecule is Cc1ccc(Br)cc1CC(C)C(=O)O. The van der Waals surface area contributed by atoms with Gasteiger partial charge in [-0.3, -0.25) is 4.79 Å². The van der Waals surface area contributed by atoms with Crippen LogP contribution in [0, 0.1) is 12.8 Å². The van der Waals surface area contributed by atoms with E-state index in [-0.39, 0.29) is 5.92 Å². The van der Waals surface area contributed by atoms with E-state index in [4.69, 9.17) is 5.11 Å². The minimum Gasteiger partial charge on any atom is -0.481 e. The van der Waals surface area contributed by atoms with Gasteiger partial charge in [0.05, 0.1) is 5.92 Å². The van der Waals surface area contributed by atoms with Crippen LogP contribution in [0.3, 0.4) is 0 Å². The molecule has 0 aliphatic rings. The lowest BCUT2D eigenvalue weighted by atomic mass is 9.98. The molecule has 0 radical (unpaired) electrons. The Bertz CT molecular complexity index is 347. The van der Waals surface area contributed by atoms with Gasteiger partial charge in [0.2, 0.25) is 0 Å². The molecular formula is C11H13BrO2. The van der Waals surface area contributed by atoms with Gasteiger partial charge in [-0.2, -0.15) is 0 Å². The van der Waals surface area contributed by atoms with E-state index in [0.717, 1.165) is 15.6 Å². The van der Waals surface area contributed by atoms with Crippen molar-refractivity contribution in [2.45, 2.75) is 20.3 Å². The number of aliphatic carboxylic acids is 1. The molecule has 0 bridgehead atoms. The Hall–Kier alpha value is -0.830. The highest BCUT2D eigenvalue weighted by Crippen LogP contribution is 2.19. The lowest BCUT2D eigenvalue weighted by Crippen LogP contribution is -2.12. The molecule has 1 atom stereocenters. The molecule has 0 spiro atoms. The molecule has 0 amide bonds. The lowest BCUT2D eigenvalue weighted by molar-refractivity contribution is -0.141. The summed E-state index contributed by atoms with van der Waals surface area (Å²) in [6.45, 7) is 3.72. The Morgan fingerprint density at radius 2 is 2.21 bits per heavy atom. The quantitative estimate of drug-likeness (QED) is 0.903. The Balaban J connectivity index is 2.85. The first-order chi connectivity index (χ1) is 6.50. The summed E-state index contributed by atoms with van der Waals surface area (Å²) < 4.78 is 0.996. The standard InChI is InChI=1S/C11H13BrO2/c1-7-3-4-10(12)6-9(7)5-8(2)11(13)14/h3-4,6,8H,5H2,1-2H3,(H,13,14). The zero-order chi connectivity index (χ0) is 10.7. The number of carboxylic acid groups (broad SMARTS) is 1. The second-order valence-corrected chi connectivity index (χ2v) is 4.43. The Kier molecular flexibility index (Phi) is 3.69. The average molecular weight is 257 g/mol. The fraction of sp³-hybridized carbons (Fsp3) is 0.364. The van der Waals surface area contributed by atoms with E-state index in [1.165, 1.54) is 0 Å². The van der Waals surface area contributed by atoms with E-state index < -0.39 is 5.97 Å². The number of rotatable bonds is 3. The second-order valence-electron chi connectivity index (χ2n) is 3.51. The van der Waals surface area contributed by atoms with Gasteiger partial charge in [0.15, 0.2) is 0 Å². The van der Waals surface area contributed by atoms with Crippen LogP contribution in [0.25, 0.3) is 0 Å². The first kappa shape index (κ1) is 11.2. The van der Waals surface area contributed by atoms with Crippen LogP contribution in [-0.4, -0.2) is 11.1 Å². The molecule has 3 heteroatoms. The molecule has 0 saturated carbocycles. The van der Waals surface area contributed by atoms with Gasteiger partial charge in [0.1, 0.15) is 0 Å². The summed E-state index contributed by atoms with van der Waals surface area (Å²) in [5.41, 5.74) is 2.23. The molecule has 0 aliphatic carbocycles. The molecule has 0 saturated heterocycles. The molecule has 0 aliphatic heterocycles. The van der Waals surface area contributed by atoms with Gasteiger partial charge in [-0.15, -0.1) is 0 Å². The minimum atomic E-state index is -0.746. The van der Waals surface area contributed by atoms with Crippen molar-refractivity contribution in [3.63, 3.8) is 0 Å². The van der Waals surface area contributed by atoms with Gasteiger partial charge in [0, 0.05) is 4.47 Å². The number of benzene rings is 1. The van der Waals surface area contributed by atoms with E-state index in [1.807, 2.05) is 25.1 Å². The topological polar surface area (TPSA) is 37.3 Å². The van der Waals surface area contributed by atoms with Crippen molar-refractivity contribution in [2.75, 3.05) is 0 Å². The Morgan fingerprint density at radius 3 is 2.79 bits per heavy atom. The van der Waals surface area contributed by atoms with Gasteiger partial charge in [-0.25, -0.2) is 0 Å². The normalized spacial score (nSPS) is 12.5. The van der Waals surface area contributed by atoms with E-state index in [9.17, 15) is 4.79 Å². The van der Waals surface area contributed by atoms with Gasteiger partial charge in [-0.05, 0) is 36.6 Å². The van der Waals surface area contributed by atoms with Crippen molar-refractivity contribution in [1.82, 2.24) is 0 Å². The highest BCUT2D eigenvalue weighted by atomic mass is 79.9. The third-order valence-electron chi connectivity index (χ3n) is 2.26. The van der Waals surface area contributed by atoms with Crippen LogP contribution < -0.4 is 0 Å². The predicted octanol–water partition coefficient (Wildman–Crippen LogP) is 3.02. The first-order valence-electron chi connectivity index (χ1n) is 4.48. The van der Waals surface area contributed by atoms with Crippen LogP contribution in [-0.2, 0) is 11.2 Å². The zero-order valence-corrected chi connectivity index (χ0v) is 9.84. The molecule has 2 nitrogen and oxygen atoms in total. The second kappa shape index (κ2) is 4.60. The summed E-state index contributed by atoms with van der Waals surface area (Å²) in [6.07, 6.45) is 0.584. The Morgan fingerprint density at radius 1 is 1.57 bits per heavy atom. The van der Waals surface area contributed by atoms with Crippen LogP contribution in [0.5, 0.6) is 0 Å². The Labute approximate surface area is 92.1 Å². The summed E-state index contributed by atoms with van der Waals surface area (Å²) in [5, 5.41) is 8.79. The van der Waals surface area contributed by atoms with Crippen LogP contribution in [0.2, 0.25) is 0 Å². The van der Waals surface area contributed by atoms with Crippen LogP contribution >= 0.6 is 15.9 Å². The molecule has 1 rings (SSSR count). The molecule has 1 aromatic rings. The van der Waals surface area contributed by atoms with E-state index in [2.05, 4.69) is 15.9 Å². The highest BCUT2D eigenvalue weighted by Gasteiger charge is 2.12. The molecule has 1 unspecified atom stereocenters. The highest BCUT2D eigenvalue weighted by molar-refractivity contribution is 9.10. The summed E-state index contributed by atoms with van der Waals surface area (Å²) in [6, 6.07) is 5.94. The molecule has 0 fully saturated rings. The van der Waals surface area contributed by atoms with E-state index in [0.29, 0.717) is 6.42 Å². The van der Waals surface area contributed by atoms with Crippen LogP contribution in [0.15, 0.2) is 22.7 Å². The van der Waals surface area contributed by atoms with Crippen molar-refractivity contribution in [2.24, 2.45) is 5.92 Å². The summed E-state index contributed by atoms with van der Waals surface area (Å²) in [5.74, 6) is -1.08. The fourth-order valence-corrected chi connectivity index (χ4v) is 1.69. The maximum absolute atomic E-state index is 10.7. The number of carboxylic acids is 1. The van der Waals surface area contributed by atoms with Crippen molar-refractivity contribution >= 4 is 21.9 Å². The minimum absolute atomic E-state index is 0.331. The maximum atomic E-state index is 10.7. The van der Waals surface area contributed by atoms with E-state index in [1.54, 1.807) is 6.92 Å². The zero-order valence-electron chi connectivity index (χ0n) is 8.25. The number of halogens is 1. The van der Waals surface area contributed by atoms with Gasteiger partial charge >= 0.3 is 5.97 Å². The fourth-order valence-electron chi connectivity index (χ4n) is 1.28. The number of hydrogen-bond acceptors (Lipinski definition) is 1. The largest absolute Gasteiger partial charge is 0.481 e. The molecule has 0 aromatic heterocycles. The molecule has 1 N–H and O–H groups in total. The average Bonchev–Trinajstić information content (AvgIpc) is 2.11. The van der Waals surface area contributed by atoms with Crippen LogP contribution in [0.1, 0.15) is 18.1 Å². The van der Waals surface area contributed by atoms with Crippen molar-refractivity contribution in [3.05, 3.63) is 33.8 Å². The van der Waals surface area contributed by atoms with Crippen molar-refractivity contribution < 1.29 is 9.90 Å². The molecule has 1 aromatic carbocycles. The molecular weight excluding hydrogens is 244 g/mol. The number of hydrogen-bond donors (Lipinski definition) is 1. The van der Waals surface area contributed by atoms with Crippen molar-refractivity contribution in [1.29, 1.82) is 0 Å². The van der Waals surface area contributed by atoms with Crippen LogP contribution in [0.4, 0.5) is 0 Å². The third kappa shape index (κ3) is 2.84. The molecule has 76 valence electrons. The summed E-state index contributed by atoms with van der Waals surface area (Å²) in [7, 11) is 0. The number of carbonyl (C=O) groups is 1.